The fourth-order valence-corrected chi connectivity index (χ4v) is 5.64. The highest BCUT2D eigenvalue weighted by atomic mass is 32.2. The third-order valence-electron chi connectivity index (χ3n) is 6.19. The topological polar surface area (TPSA) is 163 Å². The van der Waals surface area contributed by atoms with E-state index in [1.807, 2.05) is 0 Å². The minimum Gasteiger partial charge on any atom is -0.345 e. The van der Waals surface area contributed by atoms with Crippen molar-refractivity contribution in [2.45, 2.75) is 74.9 Å². The second-order valence-corrected chi connectivity index (χ2v) is 11.9. The number of carbonyl (C=O) groups is 2. The summed E-state index contributed by atoms with van der Waals surface area (Å²) in [6.07, 6.45) is -2.42. The van der Waals surface area contributed by atoms with Gasteiger partial charge in [-0.2, -0.15) is 0 Å². The van der Waals surface area contributed by atoms with Crippen LogP contribution in [0, 0.1) is 0 Å². The summed E-state index contributed by atoms with van der Waals surface area (Å²) in [5.74, 6) is -2.81. The highest BCUT2D eigenvalue weighted by Gasteiger charge is 2.62. The van der Waals surface area contributed by atoms with Gasteiger partial charge in [0.1, 0.15) is 24.1 Å². The molecular weight excluding hydrogens is 532 g/mol. The molecule has 4 heterocycles. The van der Waals surface area contributed by atoms with E-state index in [2.05, 4.69) is 20.3 Å². The molecule has 1 aromatic carbocycles. The van der Waals surface area contributed by atoms with E-state index in [9.17, 15) is 18.0 Å². The first-order valence-electron chi connectivity index (χ1n) is 12.3. The predicted molar refractivity (Wildman–Crippen MR) is 136 cm³/mol. The lowest BCUT2D eigenvalue weighted by molar-refractivity contribution is -0.231. The Morgan fingerprint density at radius 2 is 1.56 bits per heavy atom. The van der Waals surface area contributed by atoms with Gasteiger partial charge in [0.25, 0.3) is 15.9 Å². The smallest absolute Gasteiger partial charge is 0.263 e. The van der Waals surface area contributed by atoms with Gasteiger partial charge in [0, 0.05) is 11.9 Å². The summed E-state index contributed by atoms with van der Waals surface area (Å²) in [6.45, 7) is 6.58. The number of hydrogen-bond donors (Lipinski definition) is 3. The molecule has 0 spiro atoms. The number of sulfonamides is 1. The van der Waals surface area contributed by atoms with E-state index in [0.29, 0.717) is 5.69 Å². The molecule has 13 nitrogen and oxygen atoms in total. The molecule has 3 aliphatic heterocycles. The molecule has 5 rings (SSSR count). The van der Waals surface area contributed by atoms with E-state index in [1.165, 1.54) is 36.5 Å². The third-order valence-corrected chi connectivity index (χ3v) is 7.56. The van der Waals surface area contributed by atoms with Gasteiger partial charge in [-0.15, -0.1) is 0 Å². The summed E-state index contributed by atoms with van der Waals surface area (Å²) >= 11 is 0. The molecule has 39 heavy (non-hydrogen) atoms. The number of anilines is 2. The molecule has 0 aliphatic carbocycles. The molecular formula is C25H30N4O9S. The zero-order valence-electron chi connectivity index (χ0n) is 21.7. The largest absolute Gasteiger partial charge is 0.345 e. The van der Waals surface area contributed by atoms with Crippen LogP contribution in [0.4, 0.5) is 11.5 Å². The zero-order valence-corrected chi connectivity index (χ0v) is 22.6. The van der Waals surface area contributed by atoms with Crippen LogP contribution in [0.3, 0.4) is 0 Å². The van der Waals surface area contributed by atoms with Crippen LogP contribution in [0.2, 0.25) is 0 Å². The van der Waals surface area contributed by atoms with Crippen molar-refractivity contribution < 1.29 is 41.7 Å². The first kappa shape index (κ1) is 27.4. The number of fused-ring (bicyclic) bond motifs is 3. The lowest BCUT2D eigenvalue weighted by Crippen LogP contribution is -2.59. The van der Waals surface area contributed by atoms with Gasteiger partial charge in [-0.3, -0.25) is 14.3 Å². The van der Waals surface area contributed by atoms with Crippen LogP contribution in [0.1, 0.15) is 27.7 Å². The summed E-state index contributed by atoms with van der Waals surface area (Å²) < 4.78 is 57.0. The molecule has 0 unspecified atom stereocenters. The molecule has 3 fully saturated rings. The predicted octanol–water partition coefficient (Wildman–Crippen LogP) is 1.33. The average molecular weight is 563 g/mol. The third kappa shape index (κ3) is 6.05. The number of carbonyl (C=O) groups excluding carboxylic acids is 2. The standard InChI is InChI=1S/C25H30N4O9S/c1-24(2)35-18-19(36-24)21-23(38-25(3,4)37-21)34-20(18)22(31)27-13-17(30)28-14-8-10-15(11-9-14)39(32,33)29-16-7-5-6-12-26-16/h5-12,18-21,23H,13H2,1-4H3,(H,26,29)(H,27,31)(H,28,30)/t18-,19-,20-,21-,23+/m1/s1. The Kier molecular flexibility index (Phi) is 7.11. The van der Waals surface area contributed by atoms with Crippen molar-refractivity contribution in [1.82, 2.24) is 10.3 Å². The zero-order chi connectivity index (χ0) is 28.0. The van der Waals surface area contributed by atoms with Gasteiger partial charge < -0.3 is 34.3 Å². The van der Waals surface area contributed by atoms with E-state index >= 15 is 0 Å². The summed E-state index contributed by atoms with van der Waals surface area (Å²) in [5, 5.41) is 5.17. The quantitative estimate of drug-likeness (QED) is 0.449. The normalized spacial score (nSPS) is 28.7. The Hall–Kier alpha value is -3.14. The summed E-state index contributed by atoms with van der Waals surface area (Å²) in [7, 11) is -3.86. The van der Waals surface area contributed by atoms with E-state index in [0.717, 1.165) is 0 Å². The number of benzene rings is 1. The molecule has 0 saturated carbocycles. The van der Waals surface area contributed by atoms with Gasteiger partial charge in [0.05, 0.1) is 11.4 Å². The lowest BCUT2D eigenvalue weighted by atomic mass is 9.98. The summed E-state index contributed by atoms with van der Waals surface area (Å²) in [6, 6.07) is 10.4. The lowest BCUT2D eigenvalue weighted by Gasteiger charge is -2.36. The Morgan fingerprint density at radius 1 is 0.897 bits per heavy atom. The van der Waals surface area contributed by atoms with Crippen molar-refractivity contribution >= 4 is 33.3 Å². The average Bonchev–Trinajstić information content (AvgIpc) is 3.36. The number of ether oxygens (including phenoxy) is 5. The van der Waals surface area contributed by atoms with E-state index in [-0.39, 0.29) is 17.3 Å². The molecule has 2 amide bonds. The molecule has 1 aromatic heterocycles. The molecule has 0 bridgehead atoms. The number of hydrogen-bond acceptors (Lipinski definition) is 10. The number of nitrogens with zero attached hydrogens (tertiary/aromatic N) is 1. The number of nitrogens with one attached hydrogen (secondary N) is 3. The van der Waals surface area contributed by atoms with Crippen LogP contribution < -0.4 is 15.4 Å². The number of amides is 2. The maximum atomic E-state index is 13.0. The number of aromatic nitrogens is 1. The minimum absolute atomic E-state index is 0.00949. The van der Waals surface area contributed by atoms with Crippen molar-refractivity contribution in [2.75, 3.05) is 16.6 Å². The van der Waals surface area contributed by atoms with Gasteiger partial charge >= 0.3 is 0 Å². The van der Waals surface area contributed by atoms with Crippen molar-refractivity contribution in [1.29, 1.82) is 0 Å². The van der Waals surface area contributed by atoms with Crippen LogP contribution in [-0.2, 0) is 43.3 Å². The van der Waals surface area contributed by atoms with E-state index in [1.54, 1.807) is 39.8 Å². The van der Waals surface area contributed by atoms with Crippen LogP contribution in [0.5, 0.6) is 0 Å². The maximum absolute atomic E-state index is 13.0. The Balaban J connectivity index is 1.17. The molecule has 3 aliphatic rings. The van der Waals surface area contributed by atoms with Crippen LogP contribution in [0.25, 0.3) is 0 Å². The van der Waals surface area contributed by atoms with Crippen molar-refractivity contribution in [2.24, 2.45) is 0 Å². The Morgan fingerprint density at radius 3 is 2.26 bits per heavy atom. The first-order chi connectivity index (χ1) is 18.3. The maximum Gasteiger partial charge on any atom is 0.263 e. The highest BCUT2D eigenvalue weighted by molar-refractivity contribution is 7.92. The van der Waals surface area contributed by atoms with E-state index < -0.39 is 64.1 Å². The second-order valence-electron chi connectivity index (χ2n) is 10.2. The van der Waals surface area contributed by atoms with Crippen molar-refractivity contribution in [3.8, 4) is 0 Å². The van der Waals surface area contributed by atoms with Crippen LogP contribution >= 0.6 is 0 Å². The first-order valence-corrected chi connectivity index (χ1v) is 13.8. The van der Waals surface area contributed by atoms with Gasteiger partial charge in [-0.25, -0.2) is 13.4 Å². The summed E-state index contributed by atoms with van der Waals surface area (Å²) in [4.78, 5) is 29.5. The second kappa shape index (κ2) is 10.1. The molecule has 3 N–H and O–H groups in total. The van der Waals surface area contributed by atoms with Crippen LogP contribution in [-0.4, -0.2) is 74.0 Å². The fourth-order valence-electron chi connectivity index (χ4n) is 4.63. The number of pyridine rings is 1. The molecule has 5 atom stereocenters. The van der Waals surface area contributed by atoms with Crippen LogP contribution in [0.15, 0.2) is 53.6 Å². The van der Waals surface area contributed by atoms with Gasteiger partial charge in [-0.05, 0) is 64.1 Å². The van der Waals surface area contributed by atoms with Gasteiger partial charge in [0.2, 0.25) is 5.91 Å². The molecule has 0 radical (unpaired) electrons. The van der Waals surface area contributed by atoms with Crippen molar-refractivity contribution in [3.05, 3.63) is 48.7 Å². The SMILES string of the molecule is CC1(C)O[C@@H]2[C@@H](O1)[C@H](C(=O)NCC(=O)Nc1ccc(S(=O)(=O)Nc3ccccn3)cc1)O[C@H]1OC(C)(C)O[C@@H]12. The molecule has 3 saturated heterocycles. The number of rotatable bonds is 7. The monoisotopic (exact) mass is 562 g/mol. The van der Waals surface area contributed by atoms with Crippen molar-refractivity contribution in [3.63, 3.8) is 0 Å². The van der Waals surface area contributed by atoms with Gasteiger partial charge in [-0.1, -0.05) is 6.07 Å². The minimum atomic E-state index is -3.86. The van der Waals surface area contributed by atoms with E-state index in [4.69, 9.17) is 23.7 Å². The molecule has 210 valence electrons. The Bertz CT molecular complexity index is 1340. The highest BCUT2D eigenvalue weighted by Crippen LogP contribution is 2.44. The summed E-state index contributed by atoms with van der Waals surface area (Å²) in [5.41, 5.74) is 0.343. The molecule has 14 heteroatoms. The Labute approximate surface area is 225 Å². The fraction of sp³-hybridized carbons (Fsp3) is 0.480. The molecule has 2 aromatic rings. The van der Waals surface area contributed by atoms with Gasteiger partial charge in [0.15, 0.2) is 24.0 Å².